The van der Waals surface area contributed by atoms with Gasteiger partial charge in [0.1, 0.15) is 11.9 Å². The number of piperidine rings is 1. The van der Waals surface area contributed by atoms with Gasteiger partial charge in [-0.05, 0) is 37.3 Å². The van der Waals surface area contributed by atoms with Crippen molar-refractivity contribution >= 4 is 11.8 Å². The summed E-state index contributed by atoms with van der Waals surface area (Å²) < 4.78 is 0. The van der Waals surface area contributed by atoms with Gasteiger partial charge in [0.15, 0.2) is 0 Å². The lowest BCUT2D eigenvalue weighted by atomic mass is 10.1. The number of nitrogens with two attached hydrogens (primary N) is 1. The van der Waals surface area contributed by atoms with Crippen LogP contribution in [0, 0.1) is 0 Å². The number of aromatic nitrogens is 1. The van der Waals surface area contributed by atoms with Crippen LogP contribution in [0.1, 0.15) is 24.8 Å². The summed E-state index contributed by atoms with van der Waals surface area (Å²) in [5, 5.41) is 8.75. The molecular formula is C13H19N3O2. The minimum atomic E-state index is -0.977. The molecule has 18 heavy (non-hydrogen) atoms. The minimum absolute atomic E-state index is 0.322. The normalized spacial score (nSPS) is 17.5. The Hall–Kier alpha value is -1.62. The number of carbonyl (C=O) groups is 1. The van der Waals surface area contributed by atoms with Gasteiger partial charge in [0.25, 0.3) is 0 Å². The lowest BCUT2D eigenvalue weighted by molar-refractivity contribution is -0.138. The SMILES string of the molecule is N[C@@H](Cc1ccc(N2CCCCC2)nc1)C(=O)O. The first-order valence-corrected chi connectivity index (χ1v) is 6.35. The van der Waals surface area contributed by atoms with Crippen molar-refractivity contribution in [2.24, 2.45) is 5.73 Å². The average Bonchev–Trinajstić information content (AvgIpc) is 2.40. The number of nitrogens with zero attached hydrogens (tertiary/aromatic N) is 2. The third kappa shape index (κ3) is 3.20. The summed E-state index contributed by atoms with van der Waals surface area (Å²) in [4.78, 5) is 17.3. The van der Waals surface area contributed by atoms with Gasteiger partial charge in [-0.3, -0.25) is 4.79 Å². The monoisotopic (exact) mass is 249 g/mol. The summed E-state index contributed by atoms with van der Waals surface area (Å²) in [6, 6.07) is 3.02. The van der Waals surface area contributed by atoms with Crippen LogP contribution in [0.4, 0.5) is 5.82 Å². The maximum absolute atomic E-state index is 10.7. The smallest absolute Gasteiger partial charge is 0.320 e. The quantitative estimate of drug-likeness (QED) is 0.833. The molecule has 2 heterocycles. The molecule has 0 unspecified atom stereocenters. The highest BCUT2D eigenvalue weighted by molar-refractivity contribution is 5.73. The molecule has 0 aromatic carbocycles. The van der Waals surface area contributed by atoms with Crippen molar-refractivity contribution < 1.29 is 9.90 Å². The molecule has 0 amide bonds. The van der Waals surface area contributed by atoms with Crippen molar-refractivity contribution in [3.05, 3.63) is 23.9 Å². The van der Waals surface area contributed by atoms with E-state index < -0.39 is 12.0 Å². The zero-order valence-corrected chi connectivity index (χ0v) is 10.4. The van der Waals surface area contributed by atoms with Crippen molar-refractivity contribution in [2.45, 2.75) is 31.7 Å². The van der Waals surface area contributed by atoms with Gasteiger partial charge in [0.2, 0.25) is 0 Å². The van der Waals surface area contributed by atoms with Crippen LogP contribution in [0.15, 0.2) is 18.3 Å². The zero-order valence-electron chi connectivity index (χ0n) is 10.4. The number of rotatable bonds is 4. The standard InChI is InChI=1S/C13H19N3O2/c14-11(13(17)18)8-10-4-5-12(15-9-10)16-6-2-1-3-7-16/h4-5,9,11H,1-3,6-8,14H2,(H,17,18)/t11-/m0/s1. The number of aliphatic carboxylic acids is 1. The number of carboxylic acid groups (broad SMARTS) is 1. The molecule has 0 aliphatic carbocycles. The number of hydrogen-bond donors (Lipinski definition) is 2. The van der Waals surface area contributed by atoms with Crippen LogP contribution in [0.25, 0.3) is 0 Å². The third-order valence-corrected chi connectivity index (χ3v) is 3.26. The molecule has 1 atom stereocenters. The topological polar surface area (TPSA) is 79.5 Å². The first-order chi connectivity index (χ1) is 8.66. The van der Waals surface area contributed by atoms with Crippen LogP contribution in [-0.2, 0) is 11.2 Å². The molecule has 1 aliphatic heterocycles. The Morgan fingerprint density at radius 1 is 1.39 bits per heavy atom. The average molecular weight is 249 g/mol. The summed E-state index contributed by atoms with van der Waals surface area (Å²) >= 11 is 0. The zero-order chi connectivity index (χ0) is 13.0. The summed E-state index contributed by atoms with van der Waals surface area (Å²) in [5.41, 5.74) is 6.36. The van der Waals surface area contributed by atoms with Crippen LogP contribution in [0.3, 0.4) is 0 Å². The fourth-order valence-electron chi connectivity index (χ4n) is 2.19. The number of carboxylic acids is 1. The Labute approximate surface area is 107 Å². The van der Waals surface area contributed by atoms with Crippen molar-refractivity contribution in [2.75, 3.05) is 18.0 Å². The molecule has 5 heteroatoms. The van der Waals surface area contributed by atoms with E-state index >= 15 is 0 Å². The van der Waals surface area contributed by atoms with Gasteiger partial charge in [0.05, 0.1) is 0 Å². The second-order valence-corrected chi connectivity index (χ2v) is 4.72. The second kappa shape index (κ2) is 5.82. The molecule has 1 aromatic rings. The minimum Gasteiger partial charge on any atom is -0.480 e. The van der Waals surface area contributed by atoms with Crippen molar-refractivity contribution in [3.8, 4) is 0 Å². The maximum Gasteiger partial charge on any atom is 0.320 e. The lowest BCUT2D eigenvalue weighted by Crippen LogP contribution is -2.32. The molecule has 5 nitrogen and oxygen atoms in total. The maximum atomic E-state index is 10.7. The van der Waals surface area contributed by atoms with Crippen LogP contribution in [0.5, 0.6) is 0 Å². The number of anilines is 1. The van der Waals surface area contributed by atoms with Crippen molar-refractivity contribution in [1.29, 1.82) is 0 Å². The van der Waals surface area contributed by atoms with Gasteiger partial charge in [-0.15, -0.1) is 0 Å². The first kappa shape index (κ1) is 12.8. The van der Waals surface area contributed by atoms with E-state index in [-0.39, 0.29) is 0 Å². The van der Waals surface area contributed by atoms with Gasteiger partial charge in [-0.2, -0.15) is 0 Å². The van der Waals surface area contributed by atoms with E-state index in [1.165, 1.54) is 19.3 Å². The number of hydrogen-bond acceptors (Lipinski definition) is 4. The summed E-state index contributed by atoms with van der Waals surface area (Å²) in [6.45, 7) is 2.11. The van der Waals surface area contributed by atoms with Crippen molar-refractivity contribution in [1.82, 2.24) is 4.98 Å². The predicted molar refractivity (Wildman–Crippen MR) is 69.6 cm³/mol. The molecule has 0 saturated carbocycles. The van der Waals surface area contributed by atoms with Crippen LogP contribution >= 0.6 is 0 Å². The van der Waals surface area contributed by atoms with E-state index in [9.17, 15) is 4.79 Å². The van der Waals surface area contributed by atoms with Gasteiger partial charge < -0.3 is 15.7 Å². The summed E-state index contributed by atoms with van der Waals surface area (Å²) in [6.07, 6.45) is 5.78. The fraction of sp³-hybridized carbons (Fsp3) is 0.538. The van der Waals surface area contributed by atoms with E-state index in [1.54, 1.807) is 6.20 Å². The van der Waals surface area contributed by atoms with Gasteiger partial charge >= 0.3 is 5.97 Å². The molecule has 0 bridgehead atoms. The largest absolute Gasteiger partial charge is 0.480 e. The van der Waals surface area contributed by atoms with Gasteiger partial charge in [-0.25, -0.2) is 4.98 Å². The van der Waals surface area contributed by atoms with Gasteiger partial charge in [-0.1, -0.05) is 6.07 Å². The van der Waals surface area contributed by atoms with Crippen LogP contribution in [-0.4, -0.2) is 35.2 Å². The summed E-state index contributed by atoms with van der Waals surface area (Å²) in [5.74, 6) is -0.00236. The lowest BCUT2D eigenvalue weighted by Gasteiger charge is -2.27. The third-order valence-electron chi connectivity index (χ3n) is 3.26. The van der Waals surface area contributed by atoms with E-state index in [0.717, 1.165) is 24.5 Å². The molecule has 1 fully saturated rings. The molecule has 1 saturated heterocycles. The molecule has 0 radical (unpaired) electrons. The number of pyridine rings is 1. The molecular weight excluding hydrogens is 230 g/mol. The Bertz CT molecular complexity index is 399. The highest BCUT2D eigenvalue weighted by Crippen LogP contribution is 2.17. The Kier molecular flexibility index (Phi) is 4.15. The first-order valence-electron chi connectivity index (χ1n) is 6.35. The van der Waals surface area contributed by atoms with E-state index in [0.29, 0.717) is 6.42 Å². The second-order valence-electron chi connectivity index (χ2n) is 4.72. The Morgan fingerprint density at radius 2 is 2.11 bits per heavy atom. The highest BCUT2D eigenvalue weighted by Gasteiger charge is 2.14. The van der Waals surface area contributed by atoms with E-state index in [1.807, 2.05) is 12.1 Å². The van der Waals surface area contributed by atoms with Crippen LogP contribution in [0.2, 0.25) is 0 Å². The van der Waals surface area contributed by atoms with E-state index in [2.05, 4.69) is 9.88 Å². The highest BCUT2D eigenvalue weighted by atomic mass is 16.4. The van der Waals surface area contributed by atoms with Crippen molar-refractivity contribution in [3.63, 3.8) is 0 Å². The molecule has 98 valence electrons. The van der Waals surface area contributed by atoms with E-state index in [4.69, 9.17) is 10.8 Å². The fourth-order valence-corrected chi connectivity index (χ4v) is 2.19. The van der Waals surface area contributed by atoms with Gasteiger partial charge in [0, 0.05) is 19.3 Å². The predicted octanol–water partition coefficient (Wildman–Crippen LogP) is 1.03. The molecule has 3 N–H and O–H groups in total. The summed E-state index contributed by atoms with van der Waals surface area (Å²) in [7, 11) is 0. The molecule has 0 spiro atoms. The van der Waals surface area contributed by atoms with Crippen LogP contribution < -0.4 is 10.6 Å². The molecule has 1 aliphatic rings. The molecule has 2 rings (SSSR count). The molecule has 1 aromatic heterocycles. The Morgan fingerprint density at radius 3 is 2.67 bits per heavy atom. The Balaban J connectivity index is 1.98.